The topological polar surface area (TPSA) is 64.8 Å². The van der Waals surface area contributed by atoms with Crippen LogP contribution in [0.5, 0.6) is 0 Å². The summed E-state index contributed by atoms with van der Waals surface area (Å²) < 4.78 is 11.4. The van der Waals surface area contributed by atoms with Crippen LogP contribution in [0.4, 0.5) is 4.79 Å². The van der Waals surface area contributed by atoms with E-state index in [0.717, 1.165) is 37.8 Å². The zero-order valence-corrected chi connectivity index (χ0v) is 15.7. The lowest BCUT2D eigenvalue weighted by Gasteiger charge is -2.36. The van der Waals surface area contributed by atoms with E-state index in [1.54, 1.807) is 4.90 Å². The van der Waals surface area contributed by atoms with Gasteiger partial charge in [-0.15, -0.1) is 0 Å². The van der Waals surface area contributed by atoms with Gasteiger partial charge < -0.3 is 20.1 Å². The lowest BCUT2D eigenvalue weighted by Crippen LogP contribution is -2.42. The quantitative estimate of drug-likeness (QED) is 0.704. The SMILES string of the molecule is CCCCOC(=O)N1CCCC(C(OCCN)c2cccc(Cl)c2)C1. The number of hydrogen-bond acceptors (Lipinski definition) is 4. The molecule has 1 saturated heterocycles. The van der Waals surface area contributed by atoms with Crippen molar-refractivity contribution in [2.75, 3.05) is 32.8 Å². The van der Waals surface area contributed by atoms with Crippen LogP contribution in [0.25, 0.3) is 0 Å². The Kier molecular flexibility index (Phi) is 8.52. The van der Waals surface area contributed by atoms with Crippen molar-refractivity contribution in [3.8, 4) is 0 Å². The second-order valence-electron chi connectivity index (χ2n) is 6.45. The molecule has 0 radical (unpaired) electrons. The molecule has 1 amide bonds. The van der Waals surface area contributed by atoms with E-state index in [-0.39, 0.29) is 18.1 Å². The second kappa shape index (κ2) is 10.6. The summed E-state index contributed by atoms with van der Waals surface area (Å²) in [4.78, 5) is 14.1. The van der Waals surface area contributed by atoms with E-state index < -0.39 is 0 Å². The van der Waals surface area contributed by atoms with Gasteiger partial charge in [0, 0.05) is 30.6 Å². The number of halogens is 1. The number of rotatable bonds is 8. The average molecular weight is 369 g/mol. The molecular formula is C19H29ClN2O3. The van der Waals surface area contributed by atoms with E-state index >= 15 is 0 Å². The van der Waals surface area contributed by atoms with Crippen LogP contribution < -0.4 is 5.73 Å². The summed E-state index contributed by atoms with van der Waals surface area (Å²) in [5.74, 6) is 0.206. The van der Waals surface area contributed by atoms with Crippen LogP contribution >= 0.6 is 11.6 Å². The summed E-state index contributed by atoms with van der Waals surface area (Å²) in [7, 11) is 0. The molecule has 0 saturated carbocycles. The molecule has 0 spiro atoms. The third-order valence-electron chi connectivity index (χ3n) is 4.46. The van der Waals surface area contributed by atoms with Gasteiger partial charge in [-0.2, -0.15) is 0 Å². The Morgan fingerprint density at radius 1 is 1.44 bits per heavy atom. The molecule has 2 rings (SSSR count). The molecule has 5 nitrogen and oxygen atoms in total. The number of likely N-dealkylation sites (tertiary alicyclic amines) is 1. The molecule has 1 heterocycles. The molecule has 6 heteroatoms. The highest BCUT2D eigenvalue weighted by molar-refractivity contribution is 6.30. The van der Waals surface area contributed by atoms with Crippen LogP contribution in [0.3, 0.4) is 0 Å². The monoisotopic (exact) mass is 368 g/mol. The summed E-state index contributed by atoms with van der Waals surface area (Å²) in [6.07, 6.45) is 3.51. The largest absolute Gasteiger partial charge is 0.449 e. The van der Waals surface area contributed by atoms with Crippen LogP contribution in [0.15, 0.2) is 24.3 Å². The zero-order valence-electron chi connectivity index (χ0n) is 15.0. The van der Waals surface area contributed by atoms with Crippen molar-refractivity contribution in [3.05, 3.63) is 34.9 Å². The van der Waals surface area contributed by atoms with Crippen molar-refractivity contribution < 1.29 is 14.3 Å². The van der Waals surface area contributed by atoms with Gasteiger partial charge in [0.25, 0.3) is 0 Å². The van der Waals surface area contributed by atoms with E-state index in [1.807, 2.05) is 24.3 Å². The van der Waals surface area contributed by atoms with E-state index in [2.05, 4.69) is 6.92 Å². The molecule has 0 aromatic heterocycles. The van der Waals surface area contributed by atoms with E-state index in [1.165, 1.54) is 0 Å². The van der Waals surface area contributed by atoms with Gasteiger partial charge in [0.2, 0.25) is 0 Å². The number of nitrogens with zero attached hydrogens (tertiary/aromatic N) is 1. The number of piperidine rings is 1. The van der Waals surface area contributed by atoms with Crippen molar-refractivity contribution in [2.24, 2.45) is 11.7 Å². The highest BCUT2D eigenvalue weighted by Crippen LogP contribution is 2.34. The fraction of sp³-hybridized carbons (Fsp3) is 0.632. The molecule has 1 fully saturated rings. The van der Waals surface area contributed by atoms with Crippen LogP contribution in [-0.2, 0) is 9.47 Å². The normalized spacial score (nSPS) is 18.8. The van der Waals surface area contributed by atoms with Gasteiger partial charge in [-0.1, -0.05) is 37.1 Å². The number of benzene rings is 1. The molecule has 1 aliphatic heterocycles. The minimum absolute atomic E-state index is 0.117. The number of hydrogen-bond donors (Lipinski definition) is 1. The molecule has 1 aromatic rings. The highest BCUT2D eigenvalue weighted by atomic mass is 35.5. The van der Waals surface area contributed by atoms with Crippen molar-refractivity contribution in [2.45, 2.75) is 38.7 Å². The maximum atomic E-state index is 12.3. The predicted molar refractivity (Wildman–Crippen MR) is 99.8 cm³/mol. The van der Waals surface area contributed by atoms with Crippen molar-refractivity contribution in [3.63, 3.8) is 0 Å². The molecular weight excluding hydrogens is 340 g/mol. The summed E-state index contributed by atoms with van der Waals surface area (Å²) in [5, 5.41) is 0.686. The molecule has 0 bridgehead atoms. The minimum atomic E-state index is -0.221. The Labute approximate surface area is 155 Å². The van der Waals surface area contributed by atoms with E-state index in [0.29, 0.717) is 31.3 Å². The average Bonchev–Trinajstić information content (AvgIpc) is 2.62. The van der Waals surface area contributed by atoms with Gasteiger partial charge in [-0.25, -0.2) is 4.79 Å². The van der Waals surface area contributed by atoms with Crippen molar-refractivity contribution >= 4 is 17.7 Å². The predicted octanol–water partition coefficient (Wildman–Crippen LogP) is 4.01. The molecule has 2 unspecified atom stereocenters. The Morgan fingerprint density at radius 3 is 3.00 bits per heavy atom. The van der Waals surface area contributed by atoms with Crippen molar-refractivity contribution in [1.82, 2.24) is 4.90 Å². The number of carbonyl (C=O) groups is 1. The third-order valence-corrected chi connectivity index (χ3v) is 4.70. The standard InChI is InChI=1S/C19H29ClN2O3/c1-2-3-11-25-19(23)22-10-5-7-16(14-22)18(24-12-9-21)15-6-4-8-17(20)13-15/h4,6,8,13,16,18H,2-3,5,7,9-12,14,21H2,1H3. The summed E-state index contributed by atoms with van der Waals surface area (Å²) in [5.41, 5.74) is 6.66. The third kappa shape index (κ3) is 6.17. The highest BCUT2D eigenvalue weighted by Gasteiger charge is 2.31. The number of ether oxygens (including phenoxy) is 2. The summed E-state index contributed by atoms with van der Waals surface area (Å²) >= 11 is 6.15. The molecule has 1 aliphatic rings. The van der Waals surface area contributed by atoms with Gasteiger partial charge in [-0.05, 0) is 37.0 Å². The fourth-order valence-electron chi connectivity index (χ4n) is 3.20. The molecule has 2 N–H and O–H groups in total. The van der Waals surface area contributed by atoms with Crippen molar-refractivity contribution in [1.29, 1.82) is 0 Å². The second-order valence-corrected chi connectivity index (χ2v) is 6.89. The maximum absolute atomic E-state index is 12.3. The first-order valence-corrected chi connectivity index (χ1v) is 9.52. The molecule has 1 aromatic carbocycles. The van der Waals surface area contributed by atoms with Gasteiger partial charge in [0.15, 0.2) is 0 Å². The van der Waals surface area contributed by atoms with Crippen LogP contribution in [0.1, 0.15) is 44.3 Å². The Morgan fingerprint density at radius 2 is 2.28 bits per heavy atom. The number of unbranched alkanes of at least 4 members (excludes halogenated alkanes) is 1. The first kappa shape index (κ1) is 20.0. The smallest absolute Gasteiger partial charge is 0.409 e. The lowest BCUT2D eigenvalue weighted by molar-refractivity contribution is -0.0126. The molecule has 140 valence electrons. The Hall–Kier alpha value is -1.30. The fourth-order valence-corrected chi connectivity index (χ4v) is 3.40. The minimum Gasteiger partial charge on any atom is -0.449 e. The maximum Gasteiger partial charge on any atom is 0.409 e. The van der Waals surface area contributed by atoms with E-state index in [9.17, 15) is 4.79 Å². The van der Waals surface area contributed by atoms with Gasteiger partial charge in [0.05, 0.1) is 19.3 Å². The van der Waals surface area contributed by atoms with Crippen LogP contribution in [-0.4, -0.2) is 43.8 Å². The van der Waals surface area contributed by atoms with Gasteiger partial charge >= 0.3 is 6.09 Å². The Bertz CT molecular complexity index is 541. The van der Waals surface area contributed by atoms with E-state index in [4.69, 9.17) is 26.8 Å². The number of nitrogens with two attached hydrogens (primary N) is 1. The zero-order chi connectivity index (χ0) is 18.1. The first-order valence-electron chi connectivity index (χ1n) is 9.14. The summed E-state index contributed by atoms with van der Waals surface area (Å²) in [6.45, 7) is 4.88. The molecule has 25 heavy (non-hydrogen) atoms. The molecule has 0 aliphatic carbocycles. The Balaban J connectivity index is 2.04. The lowest BCUT2D eigenvalue weighted by atomic mass is 9.88. The summed E-state index contributed by atoms with van der Waals surface area (Å²) in [6, 6.07) is 7.73. The van der Waals surface area contributed by atoms with Gasteiger partial charge in [-0.3, -0.25) is 0 Å². The number of amides is 1. The first-order chi connectivity index (χ1) is 12.2. The molecule has 2 atom stereocenters. The van der Waals surface area contributed by atoms with Gasteiger partial charge in [0.1, 0.15) is 0 Å². The number of carbonyl (C=O) groups excluding carboxylic acids is 1. The van der Waals surface area contributed by atoms with Crippen LogP contribution in [0.2, 0.25) is 5.02 Å². The van der Waals surface area contributed by atoms with Crippen LogP contribution in [0, 0.1) is 5.92 Å².